The zero-order valence-corrected chi connectivity index (χ0v) is 15.6. The Labute approximate surface area is 150 Å². The summed E-state index contributed by atoms with van der Waals surface area (Å²) >= 11 is 0. The van der Waals surface area contributed by atoms with Gasteiger partial charge in [0, 0.05) is 0 Å². The molecule has 0 atom stereocenters. The van der Waals surface area contributed by atoms with Crippen LogP contribution in [0.4, 0.5) is 11.4 Å². The van der Waals surface area contributed by atoms with Crippen molar-refractivity contribution in [3.63, 3.8) is 0 Å². The maximum atomic E-state index is 12.8. The van der Waals surface area contributed by atoms with Crippen LogP contribution in [0.5, 0.6) is 0 Å². The van der Waals surface area contributed by atoms with Crippen LogP contribution in [0, 0.1) is 0 Å². The third-order valence-corrected chi connectivity index (χ3v) is 6.13. The van der Waals surface area contributed by atoms with E-state index in [1.165, 1.54) is 4.90 Å². The minimum Gasteiger partial charge on any atom is -0.359 e. The van der Waals surface area contributed by atoms with E-state index in [9.17, 15) is 8.42 Å². The summed E-state index contributed by atoms with van der Waals surface area (Å²) < 4.78 is 28.3. The predicted molar refractivity (Wildman–Crippen MR) is 102 cm³/mol. The lowest BCUT2D eigenvalue weighted by atomic mass is 10.2. The molecule has 1 fully saturated rings. The van der Waals surface area contributed by atoms with E-state index in [0.29, 0.717) is 10.6 Å². The molecule has 2 N–H and O–H groups in total. The van der Waals surface area contributed by atoms with Gasteiger partial charge in [-0.3, -0.25) is 4.72 Å². The lowest BCUT2D eigenvalue weighted by Gasteiger charge is -2.33. The summed E-state index contributed by atoms with van der Waals surface area (Å²) in [6.45, 7) is 6.01. The van der Waals surface area contributed by atoms with E-state index in [1.807, 2.05) is 36.4 Å². The predicted octanol–water partition coefficient (Wildman–Crippen LogP) is 1.38. The molecule has 134 valence electrons. The Morgan fingerprint density at radius 3 is 2.32 bits per heavy atom. The summed E-state index contributed by atoms with van der Waals surface area (Å²) in [5, 5.41) is 0. The number of likely N-dealkylation sites (N-methyl/N-ethyl adjacent to an activating group) is 1. The van der Waals surface area contributed by atoms with Crippen molar-refractivity contribution >= 4 is 21.4 Å². The number of sulfonamides is 1. The van der Waals surface area contributed by atoms with Gasteiger partial charge < -0.3 is 9.80 Å². The molecule has 6 heteroatoms. The van der Waals surface area contributed by atoms with Crippen LogP contribution in [0.1, 0.15) is 12.5 Å². The molecule has 5 nitrogen and oxygen atoms in total. The minimum absolute atomic E-state index is 0.294. The van der Waals surface area contributed by atoms with Crippen molar-refractivity contribution in [1.29, 1.82) is 0 Å². The molecule has 1 heterocycles. The molecule has 1 aliphatic heterocycles. The Hall–Kier alpha value is -2.05. The Balaban J connectivity index is 1.84. The molecule has 0 spiro atoms. The highest BCUT2D eigenvalue weighted by atomic mass is 32.2. The second kappa shape index (κ2) is 7.45. The molecule has 0 bridgehead atoms. The van der Waals surface area contributed by atoms with Crippen molar-refractivity contribution in [3.05, 3.63) is 54.1 Å². The van der Waals surface area contributed by atoms with Crippen LogP contribution in [-0.2, 0) is 16.4 Å². The van der Waals surface area contributed by atoms with Crippen LogP contribution >= 0.6 is 0 Å². The van der Waals surface area contributed by atoms with Crippen LogP contribution in [0.3, 0.4) is 0 Å². The largest absolute Gasteiger partial charge is 0.359 e. The number of para-hydroxylation sites is 2. The molecule has 0 saturated carbocycles. The van der Waals surface area contributed by atoms with E-state index in [-0.39, 0.29) is 0 Å². The van der Waals surface area contributed by atoms with E-state index < -0.39 is 10.0 Å². The van der Waals surface area contributed by atoms with Gasteiger partial charge in [0.25, 0.3) is 10.0 Å². The first kappa shape index (κ1) is 17.8. The zero-order valence-electron chi connectivity index (χ0n) is 14.8. The summed E-state index contributed by atoms with van der Waals surface area (Å²) in [6, 6.07) is 14.7. The fourth-order valence-electron chi connectivity index (χ4n) is 3.07. The number of rotatable bonds is 5. The van der Waals surface area contributed by atoms with Gasteiger partial charge in [-0.25, -0.2) is 8.42 Å². The molecule has 0 radical (unpaired) electrons. The summed E-state index contributed by atoms with van der Waals surface area (Å²) in [7, 11) is -1.41. The highest BCUT2D eigenvalue weighted by Gasteiger charge is 2.21. The maximum Gasteiger partial charge on any atom is 0.261 e. The number of hydrogen-bond donors (Lipinski definition) is 2. The lowest BCUT2D eigenvalue weighted by molar-refractivity contribution is -0.880. The van der Waals surface area contributed by atoms with Gasteiger partial charge in [-0.15, -0.1) is 0 Å². The third-order valence-electron chi connectivity index (χ3n) is 4.75. The molecule has 25 heavy (non-hydrogen) atoms. The van der Waals surface area contributed by atoms with Gasteiger partial charge in [0.1, 0.15) is 0 Å². The minimum atomic E-state index is -3.59. The monoisotopic (exact) mass is 360 g/mol. The first-order valence-corrected chi connectivity index (χ1v) is 10.2. The molecule has 0 amide bonds. The Morgan fingerprint density at radius 2 is 1.68 bits per heavy atom. The number of quaternary nitrogens is 1. The van der Waals surface area contributed by atoms with Crippen molar-refractivity contribution in [2.24, 2.45) is 0 Å². The van der Waals surface area contributed by atoms with Crippen molar-refractivity contribution in [2.45, 2.75) is 18.2 Å². The van der Waals surface area contributed by atoms with Crippen molar-refractivity contribution in [3.8, 4) is 0 Å². The number of anilines is 2. The standard InChI is InChI=1S/C19H25N3O2S/c1-3-16-8-10-17(11-9-16)25(23,24)20-18-6-4-5-7-19(18)22-14-12-21(2)13-15-22/h4-11,20H,3,12-15H2,1-2H3/p+1. The number of aryl methyl sites for hydroxylation is 1. The Bertz CT molecular complexity index is 811. The zero-order chi connectivity index (χ0) is 17.9. The molecular formula is C19H26N3O2S+. The van der Waals surface area contributed by atoms with Crippen LogP contribution in [0.2, 0.25) is 0 Å². The highest BCUT2D eigenvalue weighted by molar-refractivity contribution is 7.92. The fraction of sp³-hybridized carbons (Fsp3) is 0.368. The molecule has 1 saturated heterocycles. The van der Waals surface area contributed by atoms with Gasteiger partial charge >= 0.3 is 0 Å². The molecular weight excluding hydrogens is 334 g/mol. The van der Waals surface area contributed by atoms with Crippen molar-refractivity contribution in [1.82, 2.24) is 0 Å². The van der Waals surface area contributed by atoms with Gasteiger partial charge in [0.2, 0.25) is 0 Å². The van der Waals surface area contributed by atoms with Crippen LogP contribution < -0.4 is 14.5 Å². The molecule has 0 aromatic heterocycles. The second-order valence-corrected chi connectivity index (χ2v) is 8.25. The van der Waals surface area contributed by atoms with Crippen LogP contribution in [0.15, 0.2) is 53.4 Å². The number of benzene rings is 2. The summed E-state index contributed by atoms with van der Waals surface area (Å²) in [5.74, 6) is 0. The molecule has 0 aliphatic carbocycles. The smallest absolute Gasteiger partial charge is 0.261 e. The quantitative estimate of drug-likeness (QED) is 0.847. The van der Waals surface area contributed by atoms with Gasteiger partial charge in [0.05, 0.1) is 49.5 Å². The second-order valence-electron chi connectivity index (χ2n) is 6.56. The average molecular weight is 361 g/mol. The summed E-state index contributed by atoms with van der Waals surface area (Å²) in [5.41, 5.74) is 2.71. The first-order valence-electron chi connectivity index (χ1n) is 8.76. The van der Waals surface area contributed by atoms with Gasteiger partial charge in [-0.1, -0.05) is 31.2 Å². The SMILES string of the molecule is CCc1ccc(S(=O)(=O)Nc2ccccc2N2CC[NH+](C)CC2)cc1. The van der Waals surface area contributed by atoms with Crippen LogP contribution in [-0.4, -0.2) is 41.6 Å². The van der Waals surface area contributed by atoms with Gasteiger partial charge in [-0.05, 0) is 36.2 Å². The van der Waals surface area contributed by atoms with E-state index in [4.69, 9.17) is 0 Å². The molecule has 3 rings (SSSR count). The first-order chi connectivity index (χ1) is 12.0. The van der Waals surface area contributed by atoms with E-state index in [2.05, 4.69) is 23.6 Å². The number of hydrogen-bond acceptors (Lipinski definition) is 3. The number of nitrogens with zero attached hydrogens (tertiary/aromatic N) is 1. The normalized spacial score (nSPS) is 16.0. The highest BCUT2D eigenvalue weighted by Crippen LogP contribution is 2.28. The van der Waals surface area contributed by atoms with E-state index in [1.54, 1.807) is 12.1 Å². The average Bonchev–Trinajstić information content (AvgIpc) is 2.63. The molecule has 2 aromatic rings. The van der Waals surface area contributed by atoms with E-state index in [0.717, 1.165) is 43.9 Å². The van der Waals surface area contributed by atoms with Gasteiger partial charge in [0.15, 0.2) is 0 Å². The summed E-state index contributed by atoms with van der Waals surface area (Å²) in [6.07, 6.45) is 0.891. The van der Waals surface area contributed by atoms with Crippen molar-refractivity contribution < 1.29 is 13.3 Å². The molecule has 0 unspecified atom stereocenters. The van der Waals surface area contributed by atoms with Crippen LogP contribution in [0.25, 0.3) is 0 Å². The molecule has 1 aliphatic rings. The Morgan fingerprint density at radius 1 is 1.04 bits per heavy atom. The maximum absolute atomic E-state index is 12.8. The summed E-state index contributed by atoms with van der Waals surface area (Å²) in [4.78, 5) is 4.05. The lowest BCUT2D eigenvalue weighted by Crippen LogP contribution is -3.12. The third kappa shape index (κ3) is 4.14. The topological polar surface area (TPSA) is 53.9 Å². The Kier molecular flexibility index (Phi) is 5.30. The van der Waals surface area contributed by atoms with Crippen molar-refractivity contribution in [2.75, 3.05) is 42.8 Å². The number of piperazine rings is 1. The number of nitrogens with one attached hydrogen (secondary N) is 2. The van der Waals surface area contributed by atoms with E-state index >= 15 is 0 Å². The van der Waals surface area contributed by atoms with Gasteiger partial charge in [-0.2, -0.15) is 0 Å². The molecule has 2 aromatic carbocycles. The fourth-order valence-corrected chi connectivity index (χ4v) is 4.15.